The van der Waals surface area contributed by atoms with Crippen LogP contribution in [0.2, 0.25) is 0 Å². The Morgan fingerprint density at radius 3 is 2.75 bits per heavy atom. The Morgan fingerprint density at radius 2 is 2.06 bits per heavy atom. The SMILES string of the molecule is CCN(CC)CC#CCc1cn(CC2CN(c3ccc(C4=CCS(=O)(=O)CC4)c(F)c3)C(=O)O2)nn1. The molecule has 1 atom stereocenters. The highest BCUT2D eigenvalue weighted by molar-refractivity contribution is 7.91. The predicted octanol–water partition coefficient (Wildman–Crippen LogP) is 2.53. The van der Waals surface area contributed by atoms with Crippen molar-refractivity contribution in [3.8, 4) is 11.8 Å². The normalized spacial score (nSPS) is 19.1. The summed E-state index contributed by atoms with van der Waals surface area (Å²) < 4.78 is 45.2. The van der Waals surface area contributed by atoms with E-state index in [0.717, 1.165) is 25.3 Å². The molecule has 1 aromatic heterocycles. The van der Waals surface area contributed by atoms with Gasteiger partial charge in [0, 0.05) is 11.8 Å². The maximum absolute atomic E-state index is 14.9. The van der Waals surface area contributed by atoms with Gasteiger partial charge in [-0.3, -0.25) is 9.80 Å². The number of ether oxygens (including phenoxy) is 1. The number of cyclic esters (lactones) is 1. The Labute approximate surface area is 210 Å². The second-order valence-corrected chi connectivity index (χ2v) is 11.0. The average Bonchev–Trinajstić information content (AvgIpc) is 3.45. The third-order valence-electron chi connectivity index (χ3n) is 6.32. The second kappa shape index (κ2) is 11.2. The van der Waals surface area contributed by atoms with Crippen molar-refractivity contribution in [2.24, 2.45) is 0 Å². The van der Waals surface area contributed by atoms with Crippen LogP contribution in [0.5, 0.6) is 0 Å². The maximum atomic E-state index is 14.9. The molecule has 0 aliphatic carbocycles. The Balaban J connectivity index is 1.35. The van der Waals surface area contributed by atoms with Crippen LogP contribution in [0, 0.1) is 17.7 Å². The molecule has 0 spiro atoms. The number of anilines is 1. The lowest BCUT2D eigenvalue weighted by molar-refractivity contribution is 0.129. The molecule has 4 rings (SSSR count). The number of benzene rings is 1. The lowest BCUT2D eigenvalue weighted by atomic mass is 10.0. The minimum atomic E-state index is -3.10. The zero-order chi connectivity index (χ0) is 25.7. The van der Waals surface area contributed by atoms with E-state index in [-0.39, 0.29) is 24.5 Å². The molecular formula is C25H30FN5O4S. The van der Waals surface area contributed by atoms with Gasteiger partial charge in [-0.25, -0.2) is 22.3 Å². The van der Waals surface area contributed by atoms with Crippen molar-refractivity contribution < 1.29 is 22.3 Å². The number of halogens is 1. The lowest BCUT2D eigenvalue weighted by Crippen LogP contribution is -2.26. The van der Waals surface area contributed by atoms with E-state index in [1.54, 1.807) is 29.1 Å². The fourth-order valence-corrected chi connectivity index (χ4v) is 5.32. The van der Waals surface area contributed by atoms with Crippen LogP contribution in [-0.2, 0) is 27.5 Å². The molecule has 192 valence electrons. The van der Waals surface area contributed by atoms with E-state index in [0.29, 0.717) is 29.8 Å². The molecule has 1 unspecified atom stereocenters. The Hall–Kier alpha value is -3.23. The number of carbonyl (C=O) groups excluding carboxylic acids is 1. The van der Waals surface area contributed by atoms with Gasteiger partial charge in [0.15, 0.2) is 9.84 Å². The summed E-state index contributed by atoms with van der Waals surface area (Å²) in [5.74, 6) is 5.67. The number of amides is 1. The van der Waals surface area contributed by atoms with Gasteiger partial charge in [0.2, 0.25) is 0 Å². The van der Waals surface area contributed by atoms with Crippen LogP contribution in [0.15, 0.2) is 30.5 Å². The van der Waals surface area contributed by atoms with Crippen LogP contribution in [0.1, 0.15) is 31.5 Å². The Bertz CT molecular complexity index is 1310. The largest absolute Gasteiger partial charge is 0.442 e. The first-order valence-corrected chi connectivity index (χ1v) is 13.8. The van der Waals surface area contributed by atoms with Crippen molar-refractivity contribution in [2.75, 3.05) is 42.6 Å². The Kier molecular flexibility index (Phi) is 8.06. The smallest absolute Gasteiger partial charge is 0.414 e. The lowest BCUT2D eigenvalue weighted by Gasteiger charge is -2.17. The van der Waals surface area contributed by atoms with E-state index in [4.69, 9.17) is 4.74 Å². The van der Waals surface area contributed by atoms with Crippen molar-refractivity contribution >= 4 is 27.2 Å². The molecule has 2 aliphatic heterocycles. The van der Waals surface area contributed by atoms with Crippen LogP contribution in [0.25, 0.3) is 5.57 Å². The molecular weight excluding hydrogens is 485 g/mol. The van der Waals surface area contributed by atoms with Crippen molar-refractivity contribution in [2.45, 2.75) is 39.3 Å². The van der Waals surface area contributed by atoms with E-state index in [9.17, 15) is 17.6 Å². The predicted molar refractivity (Wildman–Crippen MR) is 135 cm³/mol. The van der Waals surface area contributed by atoms with E-state index >= 15 is 0 Å². The third-order valence-corrected chi connectivity index (χ3v) is 7.82. The molecule has 36 heavy (non-hydrogen) atoms. The highest BCUT2D eigenvalue weighted by Crippen LogP contribution is 2.30. The first-order chi connectivity index (χ1) is 17.3. The van der Waals surface area contributed by atoms with Gasteiger partial charge < -0.3 is 4.74 Å². The van der Waals surface area contributed by atoms with Gasteiger partial charge >= 0.3 is 6.09 Å². The summed E-state index contributed by atoms with van der Waals surface area (Å²) in [4.78, 5) is 16.1. The van der Waals surface area contributed by atoms with Gasteiger partial charge in [0.1, 0.15) is 11.9 Å². The minimum absolute atomic E-state index is 0.00699. The third kappa shape index (κ3) is 6.30. The molecule has 11 heteroatoms. The average molecular weight is 516 g/mol. The number of carbonyl (C=O) groups is 1. The van der Waals surface area contributed by atoms with Crippen molar-refractivity contribution in [3.05, 3.63) is 47.5 Å². The molecule has 2 aliphatic rings. The van der Waals surface area contributed by atoms with E-state index in [1.807, 2.05) is 0 Å². The fourth-order valence-electron chi connectivity index (χ4n) is 4.17. The number of aromatic nitrogens is 3. The van der Waals surface area contributed by atoms with Gasteiger partial charge in [-0.05, 0) is 43.3 Å². The van der Waals surface area contributed by atoms with E-state index in [2.05, 4.69) is 40.9 Å². The first kappa shape index (κ1) is 25.9. The highest BCUT2D eigenvalue weighted by atomic mass is 32.2. The molecule has 1 aromatic carbocycles. The number of nitrogens with zero attached hydrogens (tertiary/aromatic N) is 5. The summed E-state index contributed by atoms with van der Waals surface area (Å²) in [5, 5.41) is 8.24. The summed E-state index contributed by atoms with van der Waals surface area (Å²) in [5.41, 5.74) is 2.14. The second-order valence-electron chi connectivity index (χ2n) is 8.80. The zero-order valence-electron chi connectivity index (χ0n) is 20.5. The topological polar surface area (TPSA) is 97.6 Å². The van der Waals surface area contributed by atoms with Crippen molar-refractivity contribution in [3.63, 3.8) is 0 Å². The van der Waals surface area contributed by atoms with Gasteiger partial charge in [-0.2, -0.15) is 0 Å². The van der Waals surface area contributed by atoms with Crippen LogP contribution in [-0.4, -0.2) is 78.2 Å². The molecule has 1 saturated heterocycles. The molecule has 3 heterocycles. The summed E-state index contributed by atoms with van der Waals surface area (Å²) in [6.07, 6.45) is 3.09. The van der Waals surface area contributed by atoms with Crippen LogP contribution in [0.3, 0.4) is 0 Å². The number of rotatable bonds is 8. The van der Waals surface area contributed by atoms with E-state index in [1.165, 1.54) is 11.0 Å². The summed E-state index contributed by atoms with van der Waals surface area (Å²) >= 11 is 0. The van der Waals surface area contributed by atoms with Gasteiger partial charge in [0.25, 0.3) is 0 Å². The minimum Gasteiger partial charge on any atom is -0.442 e. The van der Waals surface area contributed by atoms with Crippen molar-refractivity contribution in [1.29, 1.82) is 0 Å². The molecule has 0 N–H and O–H groups in total. The van der Waals surface area contributed by atoms with Crippen LogP contribution in [0.4, 0.5) is 14.9 Å². The number of allylic oxidation sites excluding steroid dienone is 1. The molecule has 1 fully saturated rings. The first-order valence-electron chi connectivity index (χ1n) is 12.0. The van der Waals surface area contributed by atoms with E-state index < -0.39 is 27.9 Å². The van der Waals surface area contributed by atoms with Gasteiger partial charge in [-0.1, -0.05) is 37.0 Å². The molecule has 2 aromatic rings. The van der Waals surface area contributed by atoms with Gasteiger partial charge in [-0.15, -0.1) is 5.10 Å². The zero-order valence-corrected chi connectivity index (χ0v) is 21.3. The number of hydrogen-bond donors (Lipinski definition) is 0. The Morgan fingerprint density at radius 1 is 1.25 bits per heavy atom. The quantitative estimate of drug-likeness (QED) is 0.499. The van der Waals surface area contributed by atoms with Gasteiger partial charge in [0.05, 0.1) is 48.9 Å². The monoisotopic (exact) mass is 515 g/mol. The maximum Gasteiger partial charge on any atom is 0.414 e. The summed E-state index contributed by atoms with van der Waals surface area (Å²) in [7, 11) is -3.10. The molecule has 0 bridgehead atoms. The fraction of sp³-hybridized carbons (Fsp3) is 0.480. The highest BCUT2D eigenvalue weighted by Gasteiger charge is 2.33. The van der Waals surface area contributed by atoms with Crippen LogP contribution >= 0.6 is 0 Å². The molecule has 1 amide bonds. The van der Waals surface area contributed by atoms with Crippen molar-refractivity contribution in [1.82, 2.24) is 19.9 Å². The molecule has 0 radical (unpaired) electrons. The number of sulfone groups is 1. The standard InChI is InChI=1S/C25H30FN5O4S/c1-3-29(4-2)12-6-5-7-20-16-30(28-27-20)17-22-18-31(25(32)35-22)21-8-9-23(24(26)15-21)19-10-13-36(33,34)14-11-19/h8-10,15-16,22H,3-4,7,11-14,17-18H2,1-2H3. The summed E-state index contributed by atoms with van der Waals surface area (Å²) in [6.45, 7) is 7.41. The summed E-state index contributed by atoms with van der Waals surface area (Å²) in [6, 6.07) is 4.52. The van der Waals surface area contributed by atoms with Crippen LogP contribution < -0.4 is 4.90 Å². The number of hydrogen-bond acceptors (Lipinski definition) is 7. The molecule has 0 saturated carbocycles. The molecule has 9 nitrogen and oxygen atoms in total.